The number of carboxylic acids is 1. The number of hydrogen-bond donors (Lipinski definition) is 1. The molecule has 0 aromatic carbocycles. The van der Waals surface area contributed by atoms with Crippen molar-refractivity contribution in [1.29, 1.82) is 0 Å². The maximum Gasteiger partial charge on any atom is 0.312 e. The summed E-state index contributed by atoms with van der Waals surface area (Å²) in [6.45, 7) is 2.17. The molecule has 6 nitrogen and oxygen atoms in total. The third kappa shape index (κ3) is 2.53. The van der Waals surface area contributed by atoms with Gasteiger partial charge in [0.15, 0.2) is 0 Å². The van der Waals surface area contributed by atoms with Gasteiger partial charge in [0.25, 0.3) is 0 Å². The van der Waals surface area contributed by atoms with Crippen LogP contribution in [-0.2, 0) is 21.6 Å². The molecule has 2 unspecified atom stereocenters. The molecule has 1 aromatic heterocycles. The highest BCUT2D eigenvalue weighted by Crippen LogP contribution is 2.41. The summed E-state index contributed by atoms with van der Waals surface area (Å²) < 4.78 is 10.6. The average Bonchev–Trinajstić information content (AvgIpc) is 2.77. The topological polar surface area (TPSA) is 85.5 Å². The van der Waals surface area contributed by atoms with Gasteiger partial charge in [-0.25, -0.2) is 0 Å². The van der Waals surface area contributed by atoms with E-state index in [4.69, 9.17) is 14.4 Å². The lowest BCUT2D eigenvalue weighted by atomic mass is 9.78. The minimum absolute atomic E-state index is 0.132. The van der Waals surface area contributed by atoms with Gasteiger partial charge in [-0.15, -0.1) is 0 Å². The number of ether oxygens (including phenoxy) is 1. The Morgan fingerprint density at radius 2 is 2.44 bits per heavy atom. The van der Waals surface area contributed by atoms with Crippen LogP contribution in [0.5, 0.6) is 0 Å². The van der Waals surface area contributed by atoms with Crippen molar-refractivity contribution in [2.45, 2.75) is 44.6 Å². The van der Waals surface area contributed by atoms with Crippen LogP contribution in [0.4, 0.5) is 0 Å². The molecule has 2 atom stereocenters. The molecule has 1 N–H and O–H groups in total. The summed E-state index contributed by atoms with van der Waals surface area (Å²) in [7, 11) is 1.64. The van der Waals surface area contributed by atoms with E-state index in [1.165, 1.54) is 6.42 Å². The van der Waals surface area contributed by atoms with E-state index in [2.05, 4.69) is 17.1 Å². The number of aliphatic carboxylic acids is 1. The molecule has 1 aliphatic rings. The number of aromatic nitrogens is 2. The van der Waals surface area contributed by atoms with Gasteiger partial charge in [-0.3, -0.25) is 4.79 Å². The van der Waals surface area contributed by atoms with E-state index >= 15 is 0 Å². The molecule has 1 aromatic rings. The molecular formula is C12H18N2O4. The fourth-order valence-corrected chi connectivity index (χ4v) is 2.62. The van der Waals surface area contributed by atoms with Crippen LogP contribution in [0.15, 0.2) is 4.52 Å². The second kappa shape index (κ2) is 5.06. The molecule has 0 spiro atoms. The van der Waals surface area contributed by atoms with E-state index < -0.39 is 11.6 Å². The van der Waals surface area contributed by atoms with E-state index in [1.807, 2.05) is 0 Å². The zero-order chi connectivity index (χ0) is 13.2. The molecule has 1 heterocycles. The molecular weight excluding hydrogens is 236 g/mol. The molecule has 1 fully saturated rings. The van der Waals surface area contributed by atoms with Crippen molar-refractivity contribution in [3.63, 3.8) is 0 Å². The monoisotopic (exact) mass is 254 g/mol. The fraction of sp³-hybridized carbons (Fsp3) is 0.750. The number of carbonyl (C=O) groups is 1. The Morgan fingerprint density at radius 3 is 3.06 bits per heavy atom. The fourth-order valence-electron chi connectivity index (χ4n) is 2.62. The van der Waals surface area contributed by atoms with Gasteiger partial charge in [-0.1, -0.05) is 18.5 Å². The van der Waals surface area contributed by atoms with Crippen LogP contribution in [0.3, 0.4) is 0 Å². The Labute approximate surface area is 105 Å². The summed E-state index contributed by atoms with van der Waals surface area (Å²) in [5, 5.41) is 12.6. The number of methoxy groups -OCH3 is 1. The highest BCUT2D eigenvalue weighted by molar-refractivity contribution is 5.68. The smallest absolute Gasteiger partial charge is 0.312 e. The normalized spacial score (nSPS) is 28.2. The molecule has 0 radical (unpaired) electrons. The first kappa shape index (κ1) is 13.0. The van der Waals surface area contributed by atoms with Crippen molar-refractivity contribution in [3.05, 3.63) is 11.7 Å². The predicted octanol–water partition coefficient (Wildman–Crippen LogP) is 1.75. The Kier molecular flexibility index (Phi) is 3.65. The molecule has 0 aliphatic heterocycles. The highest BCUT2D eigenvalue weighted by atomic mass is 16.5. The van der Waals surface area contributed by atoms with E-state index in [9.17, 15) is 4.79 Å². The van der Waals surface area contributed by atoms with Crippen LogP contribution < -0.4 is 0 Å². The van der Waals surface area contributed by atoms with Gasteiger partial charge in [-0.05, 0) is 25.2 Å². The van der Waals surface area contributed by atoms with Crippen LogP contribution in [0, 0.1) is 5.92 Å². The molecule has 18 heavy (non-hydrogen) atoms. The van der Waals surface area contributed by atoms with Gasteiger partial charge in [0.2, 0.25) is 11.7 Å². The van der Waals surface area contributed by atoms with Crippen molar-refractivity contribution in [2.24, 2.45) is 5.92 Å². The van der Waals surface area contributed by atoms with Gasteiger partial charge >= 0.3 is 5.97 Å². The third-order valence-electron chi connectivity index (χ3n) is 3.52. The first-order valence-corrected chi connectivity index (χ1v) is 6.16. The Bertz CT molecular complexity index is 431. The van der Waals surface area contributed by atoms with E-state index in [0.29, 0.717) is 11.7 Å². The van der Waals surface area contributed by atoms with E-state index in [-0.39, 0.29) is 12.3 Å². The average molecular weight is 254 g/mol. The SMILES string of the molecule is COC1(c2noc(CC(=O)O)n2)CCCC(C)C1. The second-order valence-electron chi connectivity index (χ2n) is 4.98. The van der Waals surface area contributed by atoms with Gasteiger partial charge in [0.05, 0.1) is 0 Å². The standard InChI is InChI=1S/C12H18N2O4/c1-8-4-3-5-12(7-8,17-2)11-13-9(18-14-11)6-10(15)16/h8H,3-7H2,1-2H3,(H,15,16). The molecule has 100 valence electrons. The van der Waals surface area contributed by atoms with Gasteiger partial charge in [-0.2, -0.15) is 4.98 Å². The molecule has 2 rings (SSSR count). The Hall–Kier alpha value is -1.43. The predicted molar refractivity (Wildman–Crippen MR) is 62.0 cm³/mol. The number of carboxylic acid groups (broad SMARTS) is 1. The number of rotatable bonds is 4. The summed E-state index contributed by atoms with van der Waals surface area (Å²) in [4.78, 5) is 14.8. The number of hydrogen-bond acceptors (Lipinski definition) is 5. The zero-order valence-corrected chi connectivity index (χ0v) is 10.7. The lowest BCUT2D eigenvalue weighted by molar-refractivity contribution is -0.136. The molecule has 1 saturated carbocycles. The maximum absolute atomic E-state index is 10.6. The highest BCUT2D eigenvalue weighted by Gasteiger charge is 2.40. The molecule has 0 bridgehead atoms. The zero-order valence-electron chi connectivity index (χ0n) is 10.7. The quantitative estimate of drug-likeness (QED) is 0.881. The van der Waals surface area contributed by atoms with Gasteiger partial charge in [0.1, 0.15) is 12.0 Å². The minimum atomic E-state index is -0.978. The summed E-state index contributed by atoms with van der Waals surface area (Å²) in [6.07, 6.45) is 3.67. The largest absolute Gasteiger partial charge is 0.481 e. The van der Waals surface area contributed by atoms with Gasteiger partial charge < -0.3 is 14.4 Å². The summed E-state index contributed by atoms with van der Waals surface area (Å²) in [5.41, 5.74) is -0.516. The third-order valence-corrected chi connectivity index (χ3v) is 3.52. The molecule has 0 amide bonds. The van der Waals surface area contributed by atoms with Crippen molar-refractivity contribution >= 4 is 5.97 Å². The second-order valence-corrected chi connectivity index (χ2v) is 4.98. The first-order chi connectivity index (χ1) is 8.55. The first-order valence-electron chi connectivity index (χ1n) is 6.16. The van der Waals surface area contributed by atoms with Crippen molar-refractivity contribution in [2.75, 3.05) is 7.11 Å². The van der Waals surface area contributed by atoms with E-state index in [0.717, 1.165) is 19.3 Å². The van der Waals surface area contributed by atoms with Crippen molar-refractivity contribution in [3.8, 4) is 0 Å². The summed E-state index contributed by atoms with van der Waals surface area (Å²) in [5.74, 6) is 0.175. The lowest BCUT2D eigenvalue weighted by Crippen LogP contribution is -2.35. The molecule has 1 aliphatic carbocycles. The summed E-state index contributed by atoms with van der Waals surface area (Å²) in [6, 6.07) is 0. The minimum Gasteiger partial charge on any atom is -0.481 e. The van der Waals surface area contributed by atoms with Crippen molar-refractivity contribution < 1.29 is 19.2 Å². The van der Waals surface area contributed by atoms with E-state index in [1.54, 1.807) is 7.11 Å². The van der Waals surface area contributed by atoms with Crippen LogP contribution >= 0.6 is 0 Å². The summed E-state index contributed by atoms with van der Waals surface area (Å²) >= 11 is 0. The maximum atomic E-state index is 10.6. The van der Waals surface area contributed by atoms with Crippen LogP contribution in [0.2, 0.25) is 0 Å². The van der Waals surface area contributed by atoms with Crippen LogP contribution in [0.1, 0.15) is 44.3 Å². The Morgan fingerprint density at radius 1 is 1.67 bits per heavy atom. The van der Waals surface area contributed by atoms with Crippen LogP contribution in [0.25, 0.3) is 0 Å². The molecule has 0 saturated heterocycles. The van der Waals surface area contributed by atoms with Crippen molar-refractivity contribution in [1.82, 2.24) is 10.1 Å². The lowest BCUT2D eigenvalue weighted by Gasteiger charge is -2.36. The molecule has 6 heteroatoms. The number of nitrogens with zero attached hydrogens (tertiary/aromatic N) is 2. The Balaban J connectivity index is 2.21. The van der Waals surface area contributed by atoms with Crippen LogP contribution in [-0.4, -0.2) is 28.3 Å². The van der Waals surface area contributed by atoms with Gasteiger partial charge in [0, 0.05) is 7.11 Å².